The second kappa shape index (κ2) is 11.1. The second-order valence-electron chi connectivity index (χ2n) is 11.3. The van der Waals surface area contributed by atoms with E-state index in [1.165, 1.54) is 6.42 Å². The van der Waals surface area contributed by atoms with Crippen molar-refractivity contribution in [1.29, 1.82) is 0 Å². The number of hydrogen-bond acceptors (Lipinski definition) is 6. The molecule has 0 spiro atoms. The average molecular weight is 453 g/mol. The molecule has 3 N–H and O–H groups in total. The molecule has 186 valence electrons. The molecule has 1 aliphatic heterocycles. The number of nitrogens with one attached hydrogen (secondary N) is 2. The van der Waals surface area contributed by atoms with Gasteiger partial charge in [-0.1, -0.05) is 27.7 Å². The summed E-state index contributed by atoms with van der Waals surface area (Å²) in [7, 11) is 4.16. The number of carbonyl (C=O) groups is 1. The normalized spacial score (nSPS) is 36.3. The quantitative estimate of drug-likeness (QED) is 0.394. The Hall–Kier alpha value is -0.730. The van der Waals surface area contributed by atoms with Crippen LogP contribution in [0, 0.1) is 29.1 Å². The maximum absolute atomic E-state index is 13.5. The molecule has 7 nitrogen and oxygen atoms in total. The van der Waals surface area contributed by atoms with Gasteiger partial charge in [0.1, 0.15) is 12.1 Å². The number of carbonyl (C=O) groups excluding carboxylic acids is 1. The van der Waals surface area contributed by atoms with Gasteiger partial charge in [-0.05, 0) is 75.9 Å². The largest absolute Gasteiger partial charge is 0.394 e. The van der Waals surface area contributed by atoms with Gasteiger partial charge in [0.15, 0.2) is 0 Å². The molecule has 0 radical (unpaired) electrons. The summed E-state index contributed by atoms with van der Waals surface area (Å²) in [5, 5.41) is 18.6. The molecule has 4 aliphatic rings. The van der Waals surface area contributed by atoms with Crippen LogP contribution >= 0.6 is 0 Å². The highest BCUT2D eigenvalue weighted by Crippen LogP contribution is 2.61. The van der Waals surface area contributed by atoms with Gasteiger partial charge in [-0.25, -0.2) is 0 Å². The lowest BCUT2D eigenvalue weighted by atomic mass is 9.45. The number of hydroxylamine groups is 2. The average Bonchev–Trinajstić information content (AvgIpc) is 3.11. The van der Waals surface area contributed by atoms with Crippen LogP contribution in [-0.2, 0) is 9.63 Å². The Labute approximate surface area is 195 Å². The summed E-state index contributed by atoms with van der Waals surface area (Å²) in [4.78, 5) is 21.7. The molecule has 0 aromatic heterocycles. The molecule has 2 bridgehead atoms. The first-order valence-electron chi connectivity index (χ1n) is 12.9. The summed E-state index contributed by atoms with van der Waals surface area (Å²) in [6.07, 6.45) is 4.94. The predicted molar refractivity (Wildman–Crippen MR) is 128 cm³/mol. The Bertz CT molecular complexity index is 614. The molecule has 3 saturated carbocycles. The molecule has 0 aromatic rings. The first-order chi connectivity index (χ1) is 15.2. The lowest BCUT2D eigenvalue weighted by Gasteiger charge is -2.62. The Kier molecular flexibility index (Phi) is 9.00. The van der Waals surface area contributed by atoms with E-state index >= 15 is 0 Å². The van der Waals surface area contributed by atoms with Crippen LogP contribution in [0.15, 0.2) is 0 Å². The monoisotopic (exact) mass is 452 g/mol. The Morgan fingerprint density at radius 3 is 2.56 bits per heavy atom. The zero-order valence-electron chi connectivity index (χ0n) is 21.3. The maximum atomic E-state index is 13.5. The molecule has 1 amide bonds. The molecule has 1 heterocycles. The summed E-state index contributed by atoms with van der Waals surface area (Å²) in [6, 6.07) is -0.0509. The molecule has 4 fully saturated rings. The predicted octanol–water partition coefficient (Wildman–Crippen LogP) is 2.11. The van der Waals surface area contributed by atoms with E-state index in [1.54, 1.807) is 0 Å². The van der Waals surface area contributed by atoms with Crippen molar-refractivity contribution >= 4 is 5.91 Å². The summed E-state index contributed by atoms with van der Waals surface area (Å²) in [5.74, 6) is 2.05. The Morgan fingerprint density at radius 1 is 1.22 bits per heavy atom. The fourth-order valence-electron chi connectivity index (χ4n) is 6.46. The minimum atomic E-state index is -0.308. The van der Waals surface area contributed by atoms with Gasteiger partial charge in [0.05, 0.1) is 6.61 Å². The van der Waals surface area contributed by atoms with Crippen LogP contribution in [-0.4, -0.2) is 86.0 Å². The van der Waals surface area contributed by atoms with Gasteiger partial charge in [-0.15, -0.1) is 0 Å². The number of unbranched alkanes of at least 4 members (excludes halogenated alkanes) is 1. The second-order valence-corrected chi connectivity index (χ2v) is 11.3. The molecule has 7 heteroatoms. The van der Waals surface area contributed by atoms with Crippen LogP contribution in [0.25, 0.3) is 0 Å². The molecule has 0 aromatic carbocycles. The third-order valence-corrected chi connectivity index (χ3v) is 8.78. The molecule has 4 rings (SSSR count). The van der Waals surface area contributed by atoms with Crippen molar-refractivity contribution in [2.24, 2.45) is 29.1 Å². The number of hydrogen-bond donors (Lipinski definition) is 3. The number of amides is 1. The van der Waals surface area contributed by atoms with Gasteiger partial charge >= 0.3 is 0 Å². The number of likely N-dealkylation sites (N-methyl/N-ethyl adjacent to an activating group) is 1. The van der Waals surface area contributed by atoms with E-state index in [4.69, 9.17) is 4.84 Å². The van der Waals surface area contributed by atoms with E-state index in [1.807, 2.05) is 5.06 Å². The van der Waals surface area contributed by atoms with E-state index < -0.39 is 0 Å². The van der Waals surface area contributed by atoms with Gasteiger partial charge in [0.25, 0.3) is 0 Å². The summed E-state index contributed by atoms with van der Waals surface area (Å²) < 4.78 is 0. The fraction of sp³-hybridized carbons (Fsp3) is 0.960. The number of rotatable bonds is 12. The van der Waals surface area contributed by atoms with Crippen LogP contribution in [0.1, 0.15) is 59.8 Å². The highest BCUT2D eigenvalue weighted by atomic mass is 16.7. The zero-order valence-corrected chi connectivity index (χ0v) is 21.3. The van der Waals surface area contributed by atoms with Crippen molar-refractivity contribution < 1.29 is 14.7 Å². The molecule has 3 aliphatic carbocycles. The highest BCUT2D eigenvalue weighted by Gasteiger charge is 2.57. The SMILES string of the molecule is CC[C@@H]1[C@H](CO)ON(CCCCNCCN(C)C)[C@@H]1C(=O)N[C@H]1C[C@H]2C[C@@H]([C@@H]1C)C2(C)C. The van der Waals surface area contributed by atoms with Crippen LogP contribution in [0.4, 0.5) is 0 Å². The fourth-order valence-corrected chi connectivity index (χ4v) is 6.46. The van der Waals surface area contributed by atoms with Crippen molar-refractivity contribution in [2.45, 2.75) is 78.0 Å². The smallest absolute Gasteiger partial charge is 0.240 e. The standard InChI is InChI=1S/C25H48N4O3/c1-7-19-22(16-30)32-29(12-9-8-10-26-11-13-28(5)6)23(19)24(31)27-21-15-18-14-20(17(21)2)25(18,3)4/h17-23,26,30H,7-16H2,1-6H3,(H,27,31)/t17-,18+,19+,20-,21-,22-,23-/m0/s1. The lowest BCUT2D eigenvalue weighted by molar-refractivity contribution is -0.178. The molecule has 7 atom stereocenters. The van der Waals surface area contributed by atoms with Gasteiger partial charge in [0.2, 0.25) is 5.91 Å². The summed E-state index contributed by atoms with van der Waals surface area (Å²) in [6.45, 7) is 12.9. The van der Waals surface area contributed by atoms with E-state index in [0.717, 1.165) is 57.8 Å². The minimum Gasteiger partial charge on any atom is -0.394 e. The van der Waals surface area contributed by atoms with Crippen molar-refractivity contribution in [3.63, 3.8) is 0 Å². The van der Waals surface area contributed by atoms with Crippen molar-refractivity contribution in [1.82, 2.24) is 20.6 Å². The van der Waals surface area contributed by atoms with Gasteiger partial charge in [-0.3, -0.25) is 9.63 Å². The lowest BCUT2D eigenvalue weighted by Crippen LogP contribution is -2.62. The molecule has 1 saturated heterocycles. The molecular weight excluding hydrogens is 404 g/mol. The van der Waals surface area contributed by atoms with E-state index in [2.05, 4.69) is 57.3 Å². The van der Waals surface area contributed by atoms with Crippen LogP contribution in [0.2, 0.25) is 0 Å². The van der Waals surface area contributed by atoms with E-state index in [9.17, 15) is 9.90 Å². The van der Waals surface area contributed by atoms with Crippen LogP contribution in [0.3, 0.4) is 0 Å². The third kappa shape index (κ3) is 5.49. The summed E-state index contributed by atoms with van der Waals surface area (Å²) in [5.41, 5.74) is 0.414. The van der Waals surface area contributed by atoms with E-state index in [-0.39, 0.29) is 36.6 Å². The van der Waals surface area contributed by atoms with Crippen molar-refractivity contribution in [2.75, 3.05) is 46.9 Å². The zero-order chi connectivity index (χ0) is 23.5. The number of aliphatic hydroxyl groups excluding tert-OH is 1. The first kappa shape index (κ1) is 25.9. The Balaban J connectivity index is 1.53. The van der Waals surface area contributed by atoms with Crippen molar-refractivity contribution in [3.8, 4) is 0 Å². The third-order valence-electron chi connectivity index (χ3n) is 8.78. The number of aliphatic hydroxyl groups is 1. The minimum absolute atomic E-state index is 0.0306. The molecule has 0 unspecified atom stereocenters. The molecular formula is C25H48N4O3. The van der Waals surface area contributed by atoms with E-state index in [0.29, 0.717) is 17.3 Å². The van der Waals surface area contributed by atoms with Gasteiger partial charge in [0, 0.05) is 31.6 Å². The molecule has 32 heavy (non-hydrogen) atoms. The first-order valence-corrected chi connectivity index (χ1v) is 12.9. The van der Waals surface area contributed by atoms with Gasteiger partial charge < -0.3 is 20.6 Å². The van der Waals surface area contributed by atoms with Crippen LogP contribution in [0.5, 0.6) is 0 Å². The van der Waals surface area contributed by atoms with Gasteiger partial charge in [-0.2, -0.15) is 5.06 Å². The Morgan fingerprint density at radius 2 is 1.97 bits per heavy atom. The number of nitrogens with zero attached hydrogens (tertiary/aromatic N) is 2. The topological polar surface area (TPSA) is 77.1 Å². The highest BCUT2D eigenvalue weighted by molar-refractivity contribution is 5.82. The van der Waals surface area contributed by atoms with Crippen molar-refractivity contribution in [3.05, 3.63) is 0 Å². The number of fused-ring (bicyclic) bond motifs is 2. The van der Waals surface area contributed by atoms with Crippen LogP contribution < -0.4 is 10.6 Å². The maximum Gasteiger partial charge on any atom is 0.240 e. The summed E-state index contributed by atoms with van der Waals surface area (Å²) >= 11 is 0.